The molecule has 1 unspecified atom stereocenters. The second-order valence-electron chi connectivity index (χ2n) is 5.44. The van der Waals surface area contributed by atoms with E-state index in [2.05, 4.69) is 0 Å². The molecule has 0 aliphatic carbocycles. The predicted molar refractivity (Wildman–Crippen MR) is 83.3 cm³/mol. The van der Waals surface area contributed by atoms with Gasteiger partial charge in [0.15, 0.2) is 0 Å². The lowest BCUT2D eigenvalue weighted by atomic mass is 10.2. The van der Waals surface area contributed by atoms with Gasteiger partial charge in [-0.25, -0.2) is 8.42 Å². The molecule has 114 valence electrons. The molecule has 21 heavy (non-hydrogen) atoms. The van der Waals surface area contributed by atoms with Crippen LogP contribution in [0.25, 0.3) is 10.9 Å². The number of ether oxygens (including phenoxy) is 1. The van der Waals surface area contributed by atoms with E-state index in [1.165, 1.54) is 0 Å². The first-order valence-corrected chi connectivity index (χ1v) is 9.43. The zero-order chi connectivity index (χ0) is 15.0. The first-order valence-electron chi connectivity index (χ1n) is 7.12. The van der Waals surface area contributed by atoms with Crippen LogP contribution in [0.1, 0.15) is 25.0 Å². The summed E-state index contributed by atoms with van der Waals surface area (Å²) in [6.07, 6.45) is 3.36. The molecule has 0 radical (unpaired) electrons. The van der Waals surface area contributed by atoms with E-state index < -0.39 is 9.05 Å². The monoisotopic (exact) mass is 327 g/mol. The summed E-state index contributed by atoms with van der Waals surface area (Å²) >= 11 is 0. The smallest absolute Gasteiger partial charge is 0.263 e. The van der Waals surface area contributed by atoms with Gasteiger partial charge in [0.25, 0.3) is 9.05 Å². The molecular formula is C15H18ClNO3S. The molecule has 6 heteroatoms. The van der Waals surface area contributed by atoms with Crippen LogP contribution in [0.4, 0.5) is 0 Å². The van der Waals surface area contributed by atoms with E-state index >= 15 is 0 Å². The third-order valence-corrected chi connectivity index (χ3v) is 5.58. The van der Waals surface area contributed by atoms with E-state index in [1.54, 1.807) is 6.07 Å². The molecule has 1 fully saturated rings. The Morgan fingerprint density at radius 1 is 1.38 bits per heavy atom. The third kappa shape index (κ3) is 2.82. The topological polar surface area (TPSA) is 48.3 Å². The largest absolute Gasteiger partial charge is 0.378 e. The van der Waals surface area contributed by atoms with Crippen molar-refractivity contribution in [3.05, 3.63) is 30.0 Å². The number of hydrogen-bond donors (Lipinski definition) is 0. The van der Waals surface area contributed by atoms with E-state index in [9.17, 15) is 8.42 Å². The van der Waals surface area contributed by atoms with Crippen molar-refractivity contribution in [3.8, 4) is 0 Å². The van der Waals surface area contributed by atoms with Gasteiger partial charge in [-0.05, 0) is 32.3 Å². The van der Waals surface area contributed by atoms with Crippen molar-refractivity contribution in [2.24, 2.45) is 0 Å². The minimum atomic E-state index is -3.76. The number of hydrogen-bond acceptors (Lipinski definition) is 3. The molecule has 1 saturated heterocycles. The summed E-state index contributed by atoms with van der Waals surface area (Å²) in [4.78, 5) is 0.229. The first kappa shape index (κ1) is 14.9. The molecule has 2 heterocycles. The maximum Gasteiger partial charge on any atom is 0.263 e. The lowest BCUT2D eigenvalue weighted by molar-refractivity contribution is 0.100. The van der Waals surface area contributed by atoms with Crippen LogP contribution in [0, 0.1) is 6.92 Å². The third-order valence-electron chi connectivity index (χ3n) is 4.12. The SMILES string of the molecule is Cc1c(S(=O)(=O)Cl)c2ccccc2n1CCC1CCCO1. The van der Waals surface area contributed by atoms with Crippen molar-refractivity contribution in [2.45, 2.75) is 43.7 Å². The molecule has 1 aliphatic heterocycles. The molecular weight excluding hydrogens is 310 g/mol. The molecule has 0 N–H and O–H groups in total. The number of fused-ring (bicyclic) bond motifs is 1. The highest BCUT2D eigenvalue weighted by Gasteiger charge is 2.24. The average Bonchev–Trinajstić information content (AvgIpc) is 3.00. The lowest BCUT2D eigenvalue weighted by Crippen LogP contribution is -2.11. The quantitative estimate of drug-likeness (QED) is 0.808. The van der Waals surface area contributed by atoms with Crippen LogP contribution < -0.4 is 0 Å². The van der Waals surface area contributed by atoms with Gasteiger partial charge in [0.2, 0.25) is 0 Å². The van der Waals surface area contributed by atoms with Crippen LogP contribution in [-0.4, -0.2) is 25.7 Å². The fourth-order valence-electron chi connectivity index (χ4n) is 3.14. The number of nitrogens with zero attached hydrogens (tertiary/aromatic N) is 1. The van der Waals surface area contributed by atoms with E-state index in [1.807, 2.05) is 29.7 Å². The maximum atomic E-state index is 11.9. The number of halogens is 1. The van der Waals surface area contributed by atoms with Crippen LogP contribution >= 0.6 is 10.7 Å². The van der Waals surface area contributed by atoms with E-state index in [0.717, 1.165) is 37.9 Å². The molecule has 1 aromatic heterocycles. The van der Waals surface area contributed by atoms with Crippen LogP contribution in [0.3, 0.4) is 0 Å². The first-order chi connectivity index (χ1) is 9.98. The highest BCUT2D eigenvalue weighted by atomic mass is 35.7. The highest BCUT2D eigenvalue weighted by molar-refractivity contribution is 8.14. The minimum Gasteiger partial charge on any atom is -0.378 e. The van der Waals surface area contributed by atoms with E-state index in [-0.39, 0.29) is 11.0 Å². The van der Waals surface area contributed by atoms with E-state index in [4.69, 9.17) is 15.4 Å². The van der Waals surface area contributed by atoms with Crippen LogP contribution in [0.5, 0.6) is 0 Å². The zero-order valence-corrected chi connectivity index (χ0v) is 13.5. The summed E-state index contributed by atoms with van der Waals surface area (Å²) in [6.45, 7) is 3.38. The Labute approximate surface area is 129 Å². The van der Waals surface area contributed by atoms with Crippen LogP contribution in [0.2, 0.25) is 0 Å². The normalized spacial score (nSPS) is 19.4. The Morgan fingerprint density at radius 2 is 2.14 bits per heavy atom. The van der Waals surface area contributed by atoms with Gasteiger partial charge in [0, 0.05) is 40.4 Å². The fourth-order valence-corrected chi connectivity index (χ4v) is 4.62. The molecule has 1 aliphatic rings. The van der Waals surface area contributed by atoms with Crippen molar-refractivity contribution in [1.82, 2.24) is 4.57 Å². The van der Waals surface area contributed by atoms with Crippen LogP contribution in [-0.2, 0) is 20.3 Å². The van der Waals surface area contributed by atoms with Crippen molar-refractivity contribution in [2.75, 3.05) is 6.61 Å². The predicted octanol–water partition coefficient (Wildman–Crippen LogP) is 3.45. The Morgan fingerprint density at radius 3 is 2.81 bits per heavy atom. The standard InChI is InChI=1S/C15H18ClNO3S/c1-11-15(21(16,18)19)13-6-2-3-7-14(13)17(11)9-8-12-5-4-10-20-12/h2-3,6-7,12H,4-5,8-10H2,1H3. The van der Waals surface area contributed by atoms with Gasteiger partial charge in [0.1, 0.15) is 4.90 Å². The molecule has 0 amide bonds. The fraction of sp³-hybridized carbons (Fsp3) is 0.467. The number of benzene rings is 1. The molecule has 0 saturated carbocycles. The van der Waals surface area contributed by atoms with Gasteiger partial charge >= 0.3 is 0 Å². The number of rotatable bonds is 4. The summed E-state index contributed by atoms with van der Waals surface area (Å²) in [5, 5.41) is 0.692. The molecule has 1 atom stereocenters. The minimum absolute atomic E-state index is 0.229. The van der Waals surface area contributed by atoms with Gasteiger partial charge in [-0.15, -0.1) is 0 Å². The van der Waals surface area contributed by atoms with Crippen molar-refractivity contribution >= 4 is 30.6 Å². The summed E-state index contributed by atoms with van der Waals surface area (Å²) < 4.78 is 31.4. The Bertz CT molecular complexity index is 761. The van der Waals surface area contributed by atoms with E-state index in [0.29, 0.717) is 11.1 Å². The highest BCUT2D eigenvalue weighted by Crippen LogP contribution is 2.32. The number of aromatic nitrogens is 1. The molecule has 3 rings (SSSR count). The van der Waals surface area contributed by atoms with Crippen molar-refractivity contribution in [1.29, 1.82) is 0 Å². The lowest BCUT2D eigenvalue weighted by Gasteiger charge is -2.12. The Balaban J connectivity index is 2.03. The Hall–Kier alpha value is -1.04. The number of para-hydroxylation sites is 1. The molecule has 1 aromatic carbocycles. The Kier molecular flexibility index (Phi) is 3.99. The van der Waals surface area contributed by atoms with Gasteiger partial charge in [-0.2, -0.15) is 0 Å². The second-order valence-corrected chi connectivity index (χ2v) is 7.95. The van der Waals surface area contributed by atoms with Gasteiger partial charge in [0.05, 0.1) is 6.10 Å². The second kappa shape index (κ2) is 5.63. The molecule has 2 aromatic rings. The summed E-state index contributed by atoms with van der Waals surface area (Å²) in [7, 11) is 1.86. The maximum absolute atomic E-state index is 11.9. The van der Waals surface area contributed by atoms with Crippen molar-refractivity contribution < 1.29 is 13.2 Å². The van der Waals surface area contributed by atoms with Crippen molar-refractivity contribution in [3.63, 3.8) is 0 Å². The number of aryl methyl sites for hydroxylation is 1. The summed E-state index contributed by atoms with van der Waals surface area (Å²) in [5.74, 6) is 0. The molecule has 0 bridgehead atoms. The summed E-state index contributed by atoms with van der Waals surface area (Å²) in [5.41, 5.74) is 1.61. The van der Waals surface area contributed by atoms with Gasteiger partial charge in [-0.3, -0.25) is 0 Å². The summed E-state index contributed by atoms with van der Waals surface area (Å²) in [6, 6.07) is 7.48. The molecule has 0 spiro atoms. The zero-order valence-electron chi connectivity index (χ0n) is 11.9. The van der Waals surface area contributed by atoms with Gasteiger partial charge in [-0.1, -0.05) is 18.2 Å². The van der Waals surface area contributed by atoms with Gasteiger partial charge < -0.3 is 9.30 Å². The molecule has 4 nitrogen and oxygen atoms in total. The average molecular weight is 328 g/mol. The van der Waals surface area contributed by atoms with Crippen LogP contribution in [0.15, 0.2) is 29.2 Å².